The first kappa shape index (κ1) is 27.6. The van der Waals surface area contributed by atoms with Crippen molar-refractivity contribution in [3.8, 4) is 0 Å². The van der Waals surface area contributed by atoms with Gasteiger partial charge < -0.3 is 4.90 Å². The molecular formula is C25H37ClN6O2S. The van der Waals surface area contributed by atoms with Crippen LogP contribution in [0.3, 0.4) is 0 Å². The van der Waals surface area contributed by atoms with Gasteiger partial charge in [-0.3, -0.25) is 10.3 Å². The molecule has 0 saturated carbocycles. The monoisotopic (exact) mass is 520 g/mol. The average molecular weight is 521 g/mol. The summed E-state index contributed by atoms with van der Waals surface area (Å²) in [5.74, 6) is 0.276. The third kappa shape index (κ3) is 8.86. The van der Waals surface area contributed by atoms with Crippen molar-refractivity contribution in [2.45, 2.75) is 25.2 Å². The molecule has 2 heterocycles. The highest BCUT2D eigenvalue weighted by Crippen LogP contribution is 2.28. The van der Waals surface area contributed by atoms with E-state index in [2.05, 4.69) is 71.8 Å². The van der Waals surface area contributed by atoms with E-state index in [1.807, 2.05) is 12.1 Å². The van der Waals surface area contributed by atoms with Crippen molar-refractivity contribution in [2.24, 2.45) is 10.2 Å². The first-order valence-electron chi connectivity index (χ1n) is 12.0. The maximum absolute atomic E-state index is 10.7. The molecule has 1 unspecified atom stereocenters. The van der Waals surface area contributed by atoms with Gasteiger partial charge >= 0.3 is 0 Å². The van der Waals surface area contributed by atoms with Gasteiger partial charge in [0.15, 0.2) is 0 Å². The topological polar surface area (TPSA) is 94.3 Å². The van der Waals surface area contributed by atoms with Gasteiger partial charge in [-0.25, -0.2) is 5.14 Å². The van der Waals surface area contributed by atoms with E-state index in [4.69, 9.17) is 21.8 Å². The van der Waals surface area contributed by atoms with Crippen LogP contribution in [0, 0.1) is 0 Å². The summed E-state index contributed by atoms with van der Waals surface area (Å²) < 4.78 is 22.7. The highest BCUT2D eigenvalue weighted by molar-refractivity contribution is 7.86. The van der Waals surface area contributed by atoms with Gasteiger partial charge in [-0.05, 0) is 50.2 Å². The predicted octanol–water partition coefficient (Wildman–Crippen LogP) is 2.93. The lowest BCUT2D eigenvalue weighted by Gasteiger charge is -2.23. The summed E-state index contributed by atoms with van der Waals surface area (Å²) in [5, 5.41) is 16.1. The van der Waals surface area contributed by atoms with Gasteiger partial charge in [-0.15, -0.1) is 0 Å². The van der Waals surface area contributed by atoms with E-state index in [1.54, 1.807) is 0 Å². The lowest BCUT2D eigenvalue weighted by molar-refractivity contribution is 0.276. The minimum absolute atomic E-state index is 0.276. The first-order valence-corrected chi connectivity index (χ1v) is 13.9. The van der Waals surface area contributed by atoms with Crippen molar-refractivity contribution in [2.75, 3.05) is 53.5 Å². The third-order valence-corrected chi connectivity index (χ3v) is 7.36. The van der Waals surface area contributed by atoms with E-state index in [0.29, 0.717) is 13.1 Å². The summed E-state index contributed by atoms with van der Waals surface area (Å²) in [7, 11) is 0.774. The molecule has 8 nitrogen and oxygen atoms in total. The number of nitrogens with zero attached hydrogens (tertiary/aromatic N) is 4. The van der Waals surface area contributed by atoms with Gasteiger partial charge in [-0.2, -0.15) is 17.8 Å². The number of benzene rings is 2. The van der Waals surface area contributed by atoms with Crippen LogP contribution in [0.4, 0.5) is 0 Å². The molecule has 2 aliphatic heterocycles. The zero-order chi connectivity index (χ0) is 25.3. The Hall–Kier alpha value is -2.01. The van der Waals surface area contributed by atoms with Crippen molar-refractivity contribution in [3.05, 3.63) is 70.7 Å². The molecule has 2 aromatic rings. The second-order valence-corrected chi connectivity index (χ2v) is 11.1. The van der Waals surface area contributed by atoms with Crippen LogP contribution in [0.1, 0.15) is 36.3 Å². The van der Waals surface area contributed by atoms with Crippen LogP contribution in [0.25, 0.3) is 0 Å². The molecule has 1 saturated heterocycles. The van der Waals surface area contributed by atoms with E-state index in [-0.39, 0.29) is 5.92 Å². The van der Waals surface area contributed by atoms with Crippen molar-refractivity contribution in [1.82, 2.24) is 19.5 Å². The zero-order valence-electron chi connectivity index (χ0n) is 20.6. The van der Waals surface area contributed by atoms with E-state index < -0.39 is 10.2 Å². The lowest BCUT2D eigenvalue weighted by atomic mass is 9.91. The zero-order valence-corrected chi connectivity index (χ0v) is 22.2. The number of nitrogens with one attached hydrogen (secondary N) is 1. The Kier molecular flexibility index (Phi) is 10.5. The van der Waals surface area contributed by atoms with Crippen LogP contribution in [0.5, 0.6) is 0 Å². The number of rotatable bonds is 8. The third-order valence-electron chi connectivity index (χ3n) is 6.02. The average Bonchev–Trinajstić information content (AvgIpc) is 3.27. The van der Waals surface area contributed by atoms with Gasteiger partial charge in [0.2, 0.25) is 0 Å². The maximum atomic E-state index is 10.7. The van der Waals surface area contributed by atoms with Crippen molar-refractivity contribution >= 4 is 27.5 Å². The Morgan fingerprint density at radius 2 is 1.71 bits per heavy atom. The largest absolute Gasteiger partial charge is 0.308 e. The molecule has 0 spiro atoms. The maximum Gasteiger partial charge on any atom is 0.276 e. The Morgan fingerprint density at radius 3 is 2.29 bits per heavy atom. The minimum Gasteiger partial charge on any atom is -0.308 e. The summed E-state index contributed by atoms with van der Waals surface area (Å²) >= 11 is 6.05. The minimum atomic E-state index is -3.39. The Labute approximate surface area is 214 Å². The SMILES string of the molecule is CN(C)CCNCN1CC(c2ccccc2)C(c2ccc(Cl)cc2)=N1.NS(=O)(=O)N1CCCCC1. The Balaban J connectivity index is 0.000000287. The molecule has 2 aromatic carbocycles. The number of piperidine rings is 1. The normalized spacial score (nSPS) is 18.8. The summed E-state index contributed by atoms with van der Waals surface area (Å²) in [4.78, 5) is 2.17. The summed E-state index contributed by atoms with van der Waals surface area (Å²) in [5.41, 5.74) is 3.54. The van der Waals surface area contributed by atoms with Gasteiger partial charge in [0, 0.05) is 37.1 Å². The number of likely N-dealkylation sites (N-methyl/N-ethyl adjacent to an activating group) is 1. The van der Waals surface area contributed by atoms with Gasteiger partial charge in [0.1, 0.15) is 0 Å². The Bertz CT molecular complexity index is 1040. The molecule has 2 aliphatic rings. The lowest BCUT2D eigenvalue weighted by Crippen LogP contribution is -2.40. The molecule has 0 aromatic heterocycles. The van der Waals surface area contributed by atoms with Crippen LogP contribution in [0.15, 0.2) is 59.7 Å². The summed E-state index contributed by atoms with van der Waals surface area (Å²) in [6.45, 7) is 4.80. The second-order valence-electron chi connectivity index (χ2n) is 9.11. The van der Waals surface area contributed by atoms with Crippen LogP contribution in [-0.2, 0) is 10.2 Å². The number of nitrogens with two attached hydrogens (primary N) is 1. The van der Waals surface area contributed by atoms with Crippen molar-refractivity contribution < 1.29 is 8.42 Å². The van der Waals surface area contributed by atoms with Gasteiger partial charge in [0.05, 0.1) is 18.9 Å². The van der Waals surface area contributed by atoms with E-state index in [9.17, 15) is 8.42 Å². The number of halogens is 1. The van der Waals surface area contributed by atoms with Crippen molar-refractivity contribution in [1.29, 1.82) is 0 Å². The molecule has 1 fully saturated rings. The predicted molar refractivity (Wildman–Crippen MR) is 144 cm³/mol. The molecule has 0 radical (unpaired) electrons. The molecule has 192 valence electrons. The molecular weight excluding hydrogens is 484 g/mol. The van der Waals surface area contributed by atoms with E-state index in [1.165, 1.54) is 9.87 Å². The molecule has 4 rings (SSSR count). The molecule has 10 heteroatoms. The number of hydrazone groups is 1. The standard InChI is InChI=1S/C20H25ClN4.C5H12N2O2S/c1-24(2)13-12-22-15-25-14-19(16-6-4-3-5-7-16)20(23-25)17-8-10-18(21)11-9-17;6-10(8,9)7-4-2-1-3-5-7/h3-11,19,22H,12-15H2,1-2H3;1-5H2,(H2,6,8,9). The smallest absolute Gasteiger partial charge is 0.276 e. The Morgan fingerprint density at radius 1 is 1.06 bits per heavy atom. The summed E-state index contributed by atoms with van der Waals surface area (Å²) in [6.07, 6.45) is 3.00. The van der Waals surface area contributed by atoms with Gasteiger partial charge in [0.25, 0.3) is 10.2 Å². The van der Waals surface area contributed by atoms with Crippen LogP contribution >= 0.6 is 11.6 Å². The summed E-state index contributed by atoms with van der Waals surface area (Å²) in [6, 6.07) is 18.6. The quantitative estimate of drug-likeness (QED) is 0.522. The molecule has 3 N–H and O–H groups in total. The van der Waals surface area contributed by atoms with Crippen LogP contribution in [-0.4, -0.2) is 81.8 Å². The second kappa shape index (κ2) is 13.3. The molecule has 0 bridgehead atoms. The number of hydrogen-bond acceptors (Lipinski definition) is 6. The molecule has 0 amide bonds. The van der Waals surface area contributed by atoms with E-state index in [0.717, 1.165) is 61.9 Å². The first-order chi connectivity index (χ1) is 16.7. The van der Waals surface area contributed by atoms with Crippen LogP contribution < -0.4 is 10.5 Å². The molecule has 35 heavy (non-hydrogen) atoms. The van der Waals surface area contributed by atoms with Crippen LogP contribution in [0.2, 0.25) is 5.02 Å². The molecule has 0 aliphatic carbocycles. The number of hydrogen-bond donors (Lipinski definition) is 2. The fourth-order valence-corrected chi connectivity index (χ4v) is 5.01. The molecule has 1 atom stereocenters. The fraction of sp³-hybridized carbons (Fsp3) is 0.480. The highest BCUT2D eigenvalue weighted by atomic mass is 35.5. The van der Waals surface area contributed by atoms with E-state index >= 15 is 0 Å². The highest BCUT2D eigenvalue weighted by Gasteiger charge is 2.28. The van der Waals surface area contributed by atoms with Crippen molar-refractivity contribution in [3.63, 3.8) is 0 Å². The van der Waals surface area contributed by atoms with Gasteiger partial charge in [-0.1, -0.05) is 60.5 Å². The fourth-order valence-electron chi connectivity index (χ4n) is 4.12.